The van der Waals surface area contributed by atoms with Gasteiger partial charge >= 0.3 is 5.97 Å². The van der Waals surface area contributed by atoms with E-state index in [1.165, 1.54) is 17.3 Å². The highest BCUT2D eigenvalue weighted by Crippen LogP contribution is 2.41. The summed E-state index contributed by atoms with van der Waals surface area (Å²) >= 11 is 0. The molecule has 2 aromatic heterocycles. The molecule has 0 saturated carbocycles. The average molecular weight is 443 g/mol. The summed E-state index contributed by atoms with van der Waals surface area (Å²) in [5.41, 5.74) is 1.89. The third-order valence-corrected chi connectivity index (χ3v) is 5.23. The molecule has 1 atom stereocenters. The van der Waals surface area contributed by atoms with E-state index in [1.54, 1.807) is 67.7 Å². The highest BCUT2D eigenvalue weighted by Gasteiger charge is 2.47. The Morgan fingerprint density at radius 3 is 2.39 bits per heavy atom. The van der Waals surface area contributed by atoms with E-state index in [0.717, 1.165) is 0 Å². The van der Waals surface area contributed by atoms with E-state index in [0.29, 0.717) is 29.1 Å². The molecule has 1 fully saturated rings. The maximum absolute atomic E-state index is 13.1. The Morgan fingerprint density at radius 1 is 1.03 bits per heavy atom. The smallest absolute Gasteiger partial charge is 0.310 e. The third kappa shape index (κ3) is 4.36. The lowest BCUT2D eigenvalue weighted by Gasteiger charge is -2.24. The number of ketones is 1. The number of esters is 1. The maximum atomic E-state index is 13.1. The molecule has 3 aromatic rings. The topological polar surface area (TPSA) is 110 Å². The van der Waals surface area contributed by atoms with Crippen LogP contribution in [0.2, 0.25) is 0 Å². The molecule has 0 aliphatic carbocycles. The standard InChI is InChI=1S/C25H21N3O5/c1-2-33-20(29)15-16-6-8-18(9-7-16)28-22(19-5-3-4-12-27-19)21(24(31)25(28)32)23(30)17-10-13-26-14-11-17/h3-14,22,30H,2,15H2,1H3/b23-21-. The number of benzene rings is 1. The van der Waals surface area contributed by atoms with Gasteiger partial charge in [0, 0.05) is 29.8 Å². The van der Waals surface area contributed by atoms with Gasteiger partial charge in [-0.1, -0.05) is 18.2 Å². The molecular formula is C25H21N3O5. The van der Waals surface area contributed by atoms with Crippen LogP contribution in [0.3, 0.4) is 0 Å². The monoisotopic (exact) mass is 443 g/mol. The second-order valence-corrected chi connectivity index (χ2v) is 7.31. The van der Waals surface area contributed by atoms with Gasteiger partial charge in [-0.3, -0.25) is 29.3 Å². The lowest BCUT2D eigenvalue weighted by molar-refractivity contribution is -0.142. The molecule has 1 N–H and O–H groups in total. The first-order valence-electron chi connectivity index (χ1n) is 10.4. The van der Waals surface area contributed by atoms with E-state index in [2.05, 4.69) is 9.97 Å². The minimum absolute atomic E-state index is 0.0551. The van der Waals surface area contributed by atoms with Gasteiger partial charge in [0.1, 0.15) is 11.8 Å². The highest BCUT2D eigenvalue weighted by atomic mass is 16.5. The molecule has 8 heteroatoms. The van der Waals surface area contributed by atoms with Crippen molar-refractivity contribution in [1.29, 1.82) is 0 Å². The summed E-state index contributed by atoms with van der Waals surface area (Å²) in [6.45, 7) is 2.03. The molecule has 3 heterocycles. The maximum Gasteiger partial charge on any atom is 0.310 e. The predicted molar refractivity (Wildman–Crippen MR) is 120 cm³/mol. The van der Waals surface area contributed by atoms with Crippen LogP contribution in [-0.4, -0.2) is 39.3 Å². The molecule has 0 radical (unpaired) electrons. The summed E-state index contributed by atoms with van der Waals surface area (Å²) in [5, 5.41) is 11.0. The van der Waals surface area contributed by atoms with E-state index in [1.807, 2.05) is 0 Å². The van der Waals surface area contributed by atoms with E-state index in [-0.39, 0.29) is 23.7 Å². The number of carbonyl (C=O) groups excluding carboxylic acids is 3. The van der Waals surface area contributed by atoms with Gasteiger partial charge in [0.05, 0.1) is 24.3 Å². The van der Waals surface area contributed by atoms with E-state index >= 15 is 0 Å². The predicted octanol–water partition coefficient (Wildman–Crippen LogP) is 3.21. The molecule has 1 aliphatic heterocycles. The number of hydrogen-bond donors (Lipinski definition) is 1. The number of aliphatic hydroxyl groups is 1. The Hall–Kier alpha value is -4.33. The number of carbonyl (C=O) groups is 3. The number of ether oxygens (including phenoxy) is 1. The number of aliphatic hydroxyl groups excluding tert-OH is 1. The van der Waals surface area contributed by atoms with Crippen LogP contribution in [0.4, 0.5) is 5.69 Å². The number of anilines is 1. The van der Waals surface area contributed by atoms with Crippen molar-refractivity contribution in [1.82, 2.24) is 9.97 Å². The Morgan fingerprint density at radius 2 is 1.76 bits per heavy atom. The first-order valence-corrected chi connectivity index (χ1v) is 10.4. The van der Waals surface area contributed by atoms with Crippen LogP contribution in [-0.2, 0) is 25.5 Å². The summed E-state index contributed by atoms with van der Waals surface area (Å²) in [7, 11) is 0. The zero-order valence-electron chi connectivity index (χ0n) is 17.8. The van der Waals surface area contributed by atoms with E-state index in [4.69, 9.17) is 4.74 Å². The third-order valence-electron chi connectivity index (χ3n) is 5.23. The fourth-order valence-corrected chi connectivity index (χ4v) is 3.73. The van der Waals surface area contributed by atoms with Crippen molar-refractivity contribution in [2.24, 2.45) is 0 Å². The van der Waals surface area contributed by atoms with Crippen LogP contribution < -0.4 is 4.90 Å². The lowest BCUT2D eigenvalue weighted by Crippen LogP contribution is -2.29. The number of amides is 1. The van der Waals surface area contributed by atoms with Crippen molar-refractivity contribution in [3.8, 4) is 0 Å². The van der Waals surface area contributed by atoms with Gasteiger partial charge < -0.3 is 9.84 Å². The number of aromatic nitrogens is 2. The van der Waals surface area contributed by atoms with Crippen molar-refractivity contribution < 1.29 is 24.2 Å². The molecule has 8 nitrogen and oxygen atoms in total. The van der Waals surface area contributed by atoms with E-state index in [9.17, 15) is 19.5 Å². The van der Waals surface area contributed by atoms with Crippen LogP contribution >= 0.6 is 0 Å². The zero-order chi connectivity index (χ0) is 23.4. The average Bonchev–Trinajstić information content (AvgIpc) is 3.11. The van der Waals surface area contributed by atoms with Crippen molar-refractivity contribution in [3.63, 3.8) is 0 Å². The Bertz CT molecular complexity index is 1210. The quantitative estimate of drug-likeness (QED) is 0.270. The second-order valence-electron chi connectivity index (χ2n) is 7.31. The van der Waals surface area contributed by atoms with Crippen molar-refractivity contribution in [3.05, 3.63) is 95.6 Å². The summed E-state index contributed by atoms with van der Waals surface area (Å²) in [4.78, 5) is 47.5. The molecule has 0 spiro atoms. The summed E-state index contributed by atoms with van der Waals surface area (Å²) in [5.74, 6) is -2.24. The van der Waals surface area contributed by atoms with Crippen LogP contribution in [0, 0.1) is 0 Å². The summed E-state index contributed by atoms with van der Waals surface area (Å²) in [6.07, 6.45) is 4.63. The molecule has 0 bridgehead atoms. The molecule has 1 aliphatic rings. The number of hydrogen-bond acceptors (Lipinski definition) is 7. The first kappa shape index (κ1) is 21.9. The molecule has 4 rings (SSSR count). The largest absolute Gasteiger partial charge is 0.507 e. The van der Waals surface area contributed by atoms with Gasteiger partial charge in [-0.2, -0.15) is 0 Å². The number of nitrogens with zero attached hydrogens (tertiary/aromatic N) is 3. The Balaban J connectivity index is 1.78. The minimum atomic E-state index is -0.921. The van der Waals surface area contributed by atoms with Gasteiger partial charge in [0.15, 0.2) is 0 Å². The van der Waals surface area contributed by atoms with Crippen LogP contribution in [0.15, 0.2) is 78.8 Å². The van der Waals surface area contributed by atoms with Crippen molar-refractivity contribution in [2.45, 2.75) is 19.4 Å². The van der Waals surface area contributed by atoms with Gasteiger partial charge in [-0.15, -0.1) is 0 Å². The number of pyridine rings is 2. The highest BCUT2D eigenvalue weighted by molar-refractivity contribution is 6.51. The fraction of sp³-hybridized carbons (Fsp3) is 0.160. The molecule has 1 unspecified atom stereocenters. The SMILES string of the molecule is CCOC(=O)Cc1ccc(N2C(=O)C(=O)/C(=C(\O)c3ccncc3)C2c2ccccn2)cc1. The Labute approximate surface area is 190 Å². The minimum Gasteiger partial charge on any atom is -0.507 e. The lowest BCUT2D eigenvalue weighted by atomic mass is 9.98. The summed E-state index contributed by atoms with van der Waals surface area (Å²) in [6, 6.07) is 14.1. The normalized spacial score (nSPS) is 17.2. The molecule has 1 amide bonds. The van der Waals surface area contributed by atoms with Crippen LogP contribution in [0.5, 0.6) is 0 Å². The van der Waals surface area contributed by atoms with Gasteiger partial charge in [0.25, 0.3) is 11.7 Å². The first-order chi connectivity index (χ1) is 16.0. The fourth-order valence-electron chi connectivity index (χ4n) is 3.73. The van der Waals surface area contributed by atoms with Crippen molar-refractivity contribution >= 4 is 29.1 Å². The molecule has 166 valence electrons. The van der Waals surface area contributed by atoms with Crippen LogP contribution in [0.25, 0.3) is 5.76 Å². The van der Waals surface area contributed by atoms with Gasteiger partial charge in [0.2, 0.25) is 0 Å². The second kappa shape index (κ2) is 9.44. The van der Waals surface area contributed by atoms with Gasteiger partial charge in [-0.05, 0) is 48.9 Å². The van der Waals surface area contributed by atoms with E-state index < -0.39 is 17.7 Å². The van der Waals surface area contributed by atoms with Gasteiger partial charge in [-0.25, -0.2) is 0 Å². The zero-order valence-corrected chi connectivity index (χ0v) is 17.8. The van der Waals surface area contributed by atoms with Crippen molar-refractivity contribution in [2.75, 3.05) is 11.5 Å². The van der Waals surface area contributed by atoms with Crippen LogP contribution in [0.1, 0.15) is 29.8 Å². The molecule has 1 saturated heterocycles. The number of rotatable bonds is 6. The molecule has 33 heavy (non-hydrogen) atoms. The number of Topliss-reactive ketones (excluding diaryl/α,β-unsaturated/α-hetero) is 1. The molecule has 1 aromatic carbocycles. The molecular weight excluding hydrogens is 422 g/mol. The Kier molecular flexibility index (Phi) is 6.26. The summed E-state index contributed by atoms with van der Waals surface area (Å²) < 4.78 is 4.97.